The van der Waals surface area contributed by atoms with E-state index in [1.807, 2.05) is 39.0 Å². The van der Waals surface area contributed by atoms with Gasteiger partial charge in [0.25, 0.3) is 0 Å². The maximum atomic E-state index is 13.8. The lowest BCUT2D eigenvalue weighted by atomic mass is 9.79. The van der Waals surface area contributed by atoms with Gasteiger partial charge in [0.15, 0.2) is 0 Å². The van der Waals surface area contributed by atoms with E-state index in [-0.39, 0.29) is 17.5 Å². The van der Waals surface area contributed by atoms with Crippen LogP contribution in [0.25, 0.3) is 17.1 Å². The summed E-state index contributed by atoms with van der Waals surface area (Å²) < 4.78 is 38.2. The number of hydrogen-bond donors (Lipinski definition) is 2. The molecule has 2 aromatic heterocycles. The van der Waals surface area contributed by atoms with Crippen molar-refractivity contribution >= 4 is 23.2 Å². The lowest BCUT2D eigenvalue weighted by molar-refractivity contribution is 0.0475. The first-order chi connectivity index (χ1) is 19.1. The van der Waals surface area contributed by atoms with E-state index < -0.39 is 23.3 Å². The van der Waals surface area contributed by atoms with Gasteiger partial charge < -0.3 is 20.1 Å². The number of alkyl carbamates (subject to hydrolysis) is 1. The van der Waals surface area contributed by atoms with Crippen molar-refractivity contribution < 1.29 is 23.0 Å². The van der Waals surface area contributed by atoms with Crippen molar-refractivity contribution in [2.75, 3.05) is 13.7 Å². The molecule has 1 atom stereocenters. The van der Waals surface area contributed by atoms with Gasteiger partial charge >= 0.3 is 6.09 Å². The minimum atomic E-state index is -0.601. The molecule has 1 fully saturated rings. The summed E-state index contributed by atoms with van der Waals surface area (Å²) in [5, 5.41) is 6.64. The van der Waals surface area contributed by atoms with Crippen molar-refractivity contribution in [1.82, 2.24) is 20.6 Å². The number of pyridine rings is 2. The number of hydrogen-bond acceptors (Lipinski definition) is 6. The molecule has 2 heterocycles. The van der Waals surface area contributed by atoms with Gasteiger partial charge in [-0.2, -0.15) is 0 Å². The normalized spacial score (nSPS) is 18.6. The summed E-state index contributed by atoms with van der Waals surface area (Å²) >= 11 is 0. The zero-order valence-corrected chi connectivity index (χ0v) is 23.5. The lowest BCUT2D eigenvalue weighted by Crippen LogP contribution is -2.46. The van der Waals surface area contributed by atoms with Crippen LogP contribution in [-0.2, 0) is 11.2 Å². The molecule has 1 unspecified atom stereocenters. The number of benzene rings is 1. The van der Waals surface area contributed by atoms with E-state index in [4.69, 9.17) is 9.47 Å². The molecular formula is C31H38F2N4O3. The van der Waals surface area contributed by atoms with Crippen molar-refractivity contribution in [2.45, 2.75) is 70.6 Å². The number of fused-ring (bicyclic) bond motifs is 1. The average molecular weight is 553 g/mol. The van der Waals surface area contributed by atoms with Crippen molar-refractivity contribution in [3.8, 4) is 5.88 Å². The second kappa shape index (κ2) is 13.2. The molecule has 1 saturated carbocycles. The number of ether oxygens (including phenoxy) is 2. The monoisotopic (exact) mass is 552 g/mol. The highest BCUT2D eigenvalue weighted by Crippen LogP contribution is 2.30. The fourth-order valence-electron chi connectivity index (χ4n) is 5.16. The van der Waals surface area contributed by atoms with Crippen molar-refractivity contribution in [2.24, 2.45) is 5.92 Å². The Kier molecular flexibility index (Phi) is 9.68. The van der Waals surface area contributed by atoms with Crippen LogP contribution < -0.4 is 15.4 Å². The highest BCUT2D eigenvalue weighted by atomic mass is 19.1. The first-order valence-corrected chi connectivity index (χ1v) is 13.7. The third-order valence-corrected chi connectivity index (χ3v) is 7.11. The Morgan fingerprint density at radius 3 is 2.62 bits per heavy atom. The number of carbonyl (C=O) groups is 1. The van der Waals surface area contributed by atoms with Crippen LogP contribution in [0.15, 0.2) is 48.7 Å². The molecule has 40 heavy (non-hydrogen) atoms. The van der Waals surface area contributed by atoms with Gasteiger partial charge in [-0.3, -0.25) is 4.98 Å². The summed E-state index contributed by atoms with van der Waals surface area (Å²) in [7, 11) is 1.58. The third kappa shape index (κ3) is 8.21. The fraction of sp³-hybridized carbons (Fsp3) is 0.452. The molecule has 0 saturated heterocycles. The number of methoxy groups -OCH3 is 1. The molecule has 1 amide bonds. The predicted molar refractivity (Wildman–Crippen MR) is 152 cm³/mol. The Bertz CT molecular complexity index is 1330. The molecule has 1 aromatic carbocycles. The second-order valence-electron chi connectivity index (χ2n) is 11.2. The number of nitrogens with one attached hydrogen (secondary N) is 2. The molecular weight excluding hydrogens is 514 g/mol. The molecule has 9 heteroatoms. The lowest BCUT2D eigenvalue weighted by Gasteiger charge is -2.35. The molecule has 0 radical (unpaired) electrons. The van der Waals surface area contributed by atoms with Crippen LogP contribution in [0.4, 0.5) is 13.6 Å². The van der Waals surface area contributed by atoms with E-state index in [1.54, 1.807) is 25.4 Å². The number of carbonyl (C=O) groups excluding carboxylic acids is 1. The Balaban J connectivity index is 1.41. The molecule has 0 bridgehead atoms. The molecule has 0 aliphatic heterocycles. The number of nitrogens with zero attached hydrogens (tertiary/aromatic N) is 2. The number of rotatable bonds is 9. The van der Waals surface area contributed by atoms with Gasteiger partial charge in [-0.1, -0.05) is 12.2 Å². The van der Waals surface area contributed by atoms with E-state index >= 15 is 0 Å². The van der Waals surface area contributed by atoms with E-state index in [0.717, 1.165) is 54.4 Å². The first kappa shape index (κ1) is 29.4. The average Bonchev–Trinajstić information content (AvgIpc) is 2.91. The number of halogens is 2. The summed E-state index contributed by atoms with van der Waals surface area (Å²) in [6, 6.07) is 9.19. The largest absolute Gasteiger partial charge is 0.481 e. The van der Waals surface area contributed by atoms with E-state index in [9.17, 15) is 13.6 Å². The summed E-state index contributed by atoms with van der Waals surface area (Å²) in [5.74, 6) is -0.149. The van der Waals surface area contributed by atoms with Crippen molar-refractivity contribution in [1.29, 1.82) is 0 Å². The van der Waals surface area contributed by atoms with Crippen LogP contribution in [0.2, 0.25) is 0 Å². The molecule has 4 rings (SSSR count). The predicted octanol–water partition coefficient (Wildman–Crippen LogP) is 6.21. The molecule has 214 valence electrons. The van der Waals surface area contributed by atoms with Crippen LogP contribution in [0, 0.1) is 17.6 Å². The van der Waals surface area contributed by atoms with Gasteiger partial charge in [0.05, 0.1) is 18.1 Å². The van der Waals surface area contributed by atoms with Crippen LogP contribution in [-0.4, -0.2) is 47.4 Å². The fourth-order valence-corrected chi connectivity index (χ4v) is 5.16. The molecule has 2 N–H and O–H groups in total. The topological polar surface area (TPSA) is 85.4 Å². The van der Waals surface area contributed by atoms with Crippen LogP contribution >= 0.6 is 0 Å². The van der Waals surface area contributed by atoms with Gasteiger partial charge in [-0.05, 0) is 94.7 Å². The summed E-state index contributed by atoms with van der Waals surface area (Å²) in [6.07, 6.45) is 9.03. The summed E-state index contributed by atoms with van der Waals surface area (Å²) in [4.78, 5) is 21.9. The molecule has 1 aliphatic rings. The molecule has 7 nitrogen and oxygen atoms in total. The Labute approximate surface area is 234 Å². The van der Waals surface area contributed by atoms with Crippen LogP contribution in [0.5, 0.6) is 5.88 Å². The Morgan fingerprint density at radius 1 is 1.12 bits per heavy atom. The zero-order chi connectivity index (χ0) is 28.7. The first-order valence-electron chi connectivity index (χ1n) is 13.7. The molecule has 1 aliphatic carbocycles. The Morgan fingerprint density at radius 2 is 1.90 bits per heavy atom. The smallest absolute Gasteiger partial charge is 0.407 e. The standard InChI is InChI=1S/C31H38F2N4O3/c1-31(2,3)40-30(38)36-27(19-22-15-17-35-26-13-14-28(39-4)37-29(22)26)20-7-10-24(11-8-20)34-16-5-6-21-18-23(32)9-12-25(21)33/h5-6,9,12-15,17-18,20,24,27,34H,7-8,10-11,16,19H2,1-4H3,(H,36,38)/b6-5+. The van der Waals surface area contributed by atoms with Gasteiger partial charge in [-0.25, -0.2) is 18.6 Å². The summed E-state index contributed by atoms with van der Waals surface area (Å²) in [6.45, 7) is 6.11. The maximum absolute atomic E-state index is 13.8. The van der Waals surface area contributed by atoms with Crippen molar-refractivity contribution in [3.63, 3.8) is 0 Å². The van der Waals surface area contributed by atoms with E-state index in [1.165, 1.54) is 6.07 Å². The quantitative estimate of drug-likeness (QED) is 0.328. The SMILES string of the molecule is COc1ccc2nccc(CC(NC(=O)OC(C)(C)C)C3CCC(NC/C=C/c4cc(F)ccc4F)CC3)c2n1. The maximum Gasteiger partial charge on any atom is 0.407 e. The zero-order valence-electron chi connectivity index (χ0n) is 23.5. The van der Waals surface area contributed by atoms with E-state index in [2.05, 4.69) is 20.6 Å². The number of amides is 1. The molecule has 3 aromatic rings. The second-order valence-corrected chi connectivity index (χ2v) is 11.2. The summed E-state index contributed by atoms with van der Waals surface area (Å²) in [5.41, 5.74) is 2.15. The van der Waals surface area contributed by atoms with Gasteiger partial charge in [-0.15, -0.1) is 0 Å². The third-order valence-electron chi connectivity index (χ3n) is 7.11. The Hall–Kier alpha value is -3.59. The minimum Gasteiger partial charge on any atom is -0.481 e. The molecule has 0 spiro atoms. The highest BCUT2D eigenvalue weighted by molar-refractivity contribution is 5.78. The minimum absolute atomic E-state index is 0.148. The van der Waals surface area contributed by atoms with Crippen molar-refractivity contribution in [3.05, 3.63) is 71.4 Å². The van der Waals surface area contributed by atoms with Crippen LogP contribution in [0.3, 0.4) is 0 Å². The van der Waals surface area contributed by atoms with Crippen LogP contribution in [0.1, 0.15) is 57.6 Å². The number of aromatic nitrogens is 2. The van der Waals surface area contributed by atoms with Gasteiger partial charge in [0.1, 0.15) is 17.2 Å². The van der Waals surface area contributed by atoms with E-state index in [0.29, 0.717) is 24.9 Å². The highest BCUT2D eigenvalue weighted by Gasteiger charge is 2.30. The van der Waals surface area contributed by atoms with Gasteiger partial charge in [0, 0.05) is 36.5 Å². The van der Waals surface area contributed by atoms with Gasteiger partial charge in [0.2, 0.25) is 5.88 Å².